The molecule has 0 aromatic heterocycles. The molecule has 0 unspecified atom stereocenters. The normalized spacial score (nSPS) is 20.1. The van der Waals surface area contributed by atoms with E-state index in [1.165, 1.54) is 24.0 Å². The monoisotopic (exact) mass is 378 g/mol. The molecule has 0 spiro atoms. The van der Waals surface area contributed by atoms with Crippen molar-refractivity contribution in [2.45, 2.75) is 52.0 Å². The highest BCUT2D eigenvalue weighted by Gasteiger charge is 2.32. The summed E-state index contributed by atoms with van der Waals surface area (Å²) in [7, 11) is 0. The fourth-order valence-electron chi connectivity index (χ4n) is 4.14. The molecule has 28 heavy (non-hydrogen) atoms. The lowest BCUT2D eigenvalue weighted by Gasteiger charge is -2.37. The number of carbonyl (C=O) groups is 1. The van der Waals surface area contributed by atoms with E-state index in [1.54, 1.807) is 0 Å². The van der Waals surface area contributed by atoms with Gasteiger partial charge in [0, 0.05) is 19.6 Å². The van der Waals surface area contributed by atoms with E-state index in [2.05, 4.69) is 60.5 Å². The van der Waals surface area contributed by atoms with Crippen LogP contribution < -0.4 is 5.32 Å². The van der Waals surface area contributed by atoms with Gasteiger partial charge in [0.2, 0.25) is 5.91 Å². The van der Waals surface area contributed by atoms with Crippen LogP contribution in [-0.4, -0.2) is 30.4 Å². The number of hydrogen-bond acceptors (Lipinski definition) is 2. The molecule has 3 heteroatoms. The van der Waals surface area contributed by atoms with Gasteiger partial charge in [-0.3, -0.25) is 4.79 Å². The third-order valence-electron chi connectivity index (χ3n) is 5.89. The molecule has 1 aliphatic rings. The Balaban J connectivity index is 1.66. The Morgan fingerprint density at radius 3 is 2.43 bits per heavy atom. The van der Waals surface area contributed by atoms with Gasteiger partial charge in [-0.15, -0.1) is 0 Å². The maximum Gasteiger partial charge on any atom is 0.224 e. The second-order valence-electron chi connectivity index (χ2n) is 8.04. The summed E-state index contributed by atoms with van der Waals surface area (Å²) in [6, 6.07) is 19.2. The Bertz CT molecular complexity index is 726. The Morgan fingerprint density at radius 1 is 1.00 bits per heavy atom. The van der Waals surface area contributed by atoms with Crippen LogP contribution in [0.4, 0.5) is 0 Å². The number of unbranched alkanes of at least 4 members (excludes halogenated alkanes) is 1. The predicted octanol–water partition coefficient (Wildman–Crippen LogP) is 4.77. The van der Waals surface area contributed by atoms with E-state index in [1.807, 2.05) is 18.2 Å². The fraction of sp³-hybridized carbons (Fsp3) is 0.480. The average Bonchev–Trinajstić information content (AvgIpc) is 2.76. The molecule has 0 bridgehead atoms. The molecule has 3 rings (SSSR count). The molecule has 1 fully saturated rings. The van der Waals surface area contributed by atoms with Crippen molar-refractivity contribution in [1.82, 2.24) is 10.2 Å². The summed E-state index contributed by atoms with van der Waals surface area (Å²) in [6.07, 6.45) is 4.39. The molecule has 1 heterocycles. The van der Waals surface area contributed by atoms with Crippen LogP contribution in [0.1, 0.15) is 55.7 Å². The zero-order valence-electron chi connectivity index (χ0n) is 17.4. The summed E-state index contributed by atoms with van der Waals surface area (Å²) in [5, 5.41) is 3.17. The first-order valence-corrected chi connectivity index (χ1v) is 10.8. The largest absolute Gasteiger partial charge is 0.352 e. The lowest BCUT2D eigenvalue weighted by atomic mass is 9.83. The summed E-state index contributed by atoms with van der Waals surface area (Å²) in [6.45, 7) is 8.06. The van der Waals surface area contributed by atoms with Crippen LogP contribution >= 0.6 is 0 Å². The molecule has 150 valence electrons. The molecule has 0 radical (unpaired) electrons. The van der Waals surface area contributed by atoms with E-state index >= 15 is 0 Å². The van der Waals surface area contributed by atoms with E-state index < -0.39 is 0 Å². The minimum atomic E-state index is 0.0603. The summed E-state index contributed by atoms with van der Waals surface area (Å²) >= 11 is 0. The van der Waals surface area contributed by atoms with Gasteiger partial charge in [0.15, 0.2) is 0 Å². The number of carbonyl (C=O) groups excluding carboxylic acids is 1. The second kappa shape index (κ2) is 10.4. The van der Waals surface area contributed by atoms with Gasteiger partial charge in [-0.1, -0.05) is 74.9 Å². The predicted molar refractivity (Wildman–Crippen MR) is 116 cm³/mol. The van der Waals surface area contributed by atoms with E-state index in [9.17, 15) is 4.79 Å². The molecule has 1 amide bonds. The number of amides is 1. The first-order chi connectivity index (χ1) is 13.7. The minimum absolute atomic E-state index is 0.0603. The highest BCUT2D eigenvalue weighted by atomic mass is 16.1. The molecule has 2 atom stereocenters. The van der Waals surface area contributed by atoms with Crippen LogP contribution in [0.5, 0.6) is 0 Å². The molecule has 1 saturated heterocycles. The van der Waals surface area contributed by atoms with Gasteiger partial charge in [-0.2, -0.15) is 0 Å². The molecule has 0 aliphatic carbocycles. The van der Waals surface area contributed by atoms with Crippen molar-refractivity contribution in [3.05, 3.63) is 71.3 Å². The SMILES string of the molecule is CCCCN1C[C@@H](C(=O)NCc2ccccc2)C[C@@H](c2ccc(CC)cc2)C1. The van der Waals surface area contributed by atoms with E-state index in [-0.39, 0.29) is 11.8 Å². The van der Waals surface area contributed by atoms with Gasteiger partial charge >= 0.3 is 0 Å². The average molecular weight is 379 g/mol. The lowest BCUT2D eigenvalue weighted by Crippen LogP contribution is -2.45. The Morgan fingerprint density at radius 2 is 1.75 bits per heavy atom. The maximum atomic E-state index is 12.9. The maximum absolute atomic E-state index is 12.9. The van der Waals surface area contributed by atoms with Crippen molar-refractivity contribution < 1.29 is 4.79 Å². The molecule has 0 saturated carbocycles. The van der Waals surface area contributed by atoms with Gasteiger partial charge in [-0.25, -0.2) is 0 Å². The molecular weight excluding hydrogens is 344 g/mol. The third kappa shape index (κ3) is 5.68. The van der Waals surface area contributed by atoms with Crippen LogP contribution in [0.25, 0.3) is 0 Å². The summed E-state index contributed by atoms with van der Waals surface area (Å²) in [5.74, 6) is 0.689. The van der Waals surface area contributed by atoms with Crippen LogP contribution in [0.15, 0.2) is 54.6 Å². The number of likely N-dealkylation sites (tertiary alicyclic amines) is 1. The molecular formula is C25H34N2O. The number of aryl methyl sites for hydroxylation is 1. The zero-order chi connectivity index (χ0) is 19.8. The first-order valence-electron chi connectivity index (χ1n) is 10.8. The van der Waals surface area contributed by atoms with Gasteiger partial charge in [0.05, 0.1) is 5.92 Å². The van der Waals surface area contributed by atoms with Crippen LogP contribution in [-0.2, 0) is 17.8 Å². The zero-order valence-corrected chi connectivity index (χ0v) is 17.4. The molecule has 1 N–H and O–H groups in total. The van der Waals surface area contributed by atoms with E-state index in [0.717, 1.165) is 38.0 Å². The number of hydrogen-bond donors (Lipinski definition) is 1. The topological polar surface area (TPSA) is 32.3 Å². The van der Waals surface area contributed by atoms with E-state index in [4.69, 9.17) is 0 Å². The van der Waals surface area contributed by atoms with E-state index in [0.29, 0.717) is 12.5 Å². The van der Waals surface area contributed by atoms with Gasteiger partial charge in [-0.05, 0) is 48.4 Å². The fourth-order valence-corrected chi connectivity index (χ4v) is 4.14. The van der Waals surface area contributed by atoms with Gasteiger partial charge in [0.1, 0.15) is 0 Å². The van der Waals surface area contributed by atoms with Crippen molar-refractivity contribution in [1.29, 1.82) is 0 Å². The quantitative estimate of drug-likeness (QED) is 0.717. The molecule has 2 aromatic carbocycles. The minimum Gasteiger partial charge on any atom is -0.352 e. The summed E-state index contributed by atoms with van der Waals surface area (Å²) in [5.41, 5.74) is 3.90. The number of nitrogens with zero attached hydrogens (tertiary/aromatic N) is 1. The van der Waals surface area contributed by atoms with Crippen LogP contribution in [0.3, 0.4) is 0 Å². The Labute approximate surface area is 170 Å². The third-order valence-corrected chi connectivity index (χ3v) is 5.89. The Hall–Kier alpha value is -2.13. The number of rotatable bonds is 8. The smallest absolute Gasteiger partial charge is 0.224 e. The van der Waals surface area contributed by atoms with Crippen molar-refractivity contribution in [2.75, 3.05) is 19.6 Å². The van der Waals surface area contributed by atoms with Gasteiger partial charge in [0.25, 0.3) is 0 Å². The van der Waals surface area contributed by atoms with Crippen molar-refractivity contribution in [3.63, 3.8) is 0 Å². The second-order valence-corrected chi connectivity index (χ2v) is 8.04. The highest BCUT2D eigenvalue weighted by molar-refractivity contribution is 5.79. The highest BCUT2D eigenvalue weighted by Crippen LogP contribution is 2.31. The standard InChI is InChI=1S/C25H34N2O/c1-3-5-15-27-18-23(22-13-11-20(4-2)12-14-22)16-24(19-27)25(28)26-17-21-9-7-6-8-10-21/h6-14,23-24H,3-5,15-19H2,1-2H3,(H,26,28)/t23-,24+/m1/s1. The van der Waals surface area contributed by atoms with Crippen LogP contribution in [0, 0.1) is 5.92 Å². The molecule has 3 nitrogen and oxygen atoms in total. The van der Waals surface area contributed by atoms with Crippen molar-refractivity contribution >= 4 is 5.91 Å². The lowest BCUT2D eigenvalue weighted by molar-refractivity contribution is -0.127. The molecule has 2 aromatic rings. The Kier molecular flexibility index (Phi) is 7.67. The summed E-state index contributed by atoms with van der Waals surface area (Å²) in [4.78, 5) is 15.4. The van der Waals surface area contributed by atoms with Crippen molar-refractivity contribution in [3.8, 4) is 0 Å². The van der Waals surface area contributed by atoms with Crippen LogP contribution in [0.2, 0.25) is 0 Å². The number of benzene rings is 2. The van der Waals surface area contributed by atoms with Gasteiger partial charge < -0.3 is 10.2 Å². The summed E-state index contributed by atoms with van der Waals surface area (Å²) < 4.78 is 0. The molecule has 1 aliphatic heterocycles. The van der Waals surface area contributed by atoms with Crippen molar-refractivity contribution in [2.24, 2.45) is 5.92 Å². The first kappa shape index (κ1) is 20.6. The number of piperidine rings is 1. The number of nitrogens with one attached hydrogen (secondary N) is 1.